The van der Waals surface area contributed by atoms with Crippen LogP contribution in [0.5, 0.6) is 0 Å². The van der Waals surface area contributed by atoms with Gasteiger partial charge in [0, 0.05) is 5.92 Å². The van der Waals surface area contributed by atoms with Gasteiger partial charge in [0.1, 0.15) is 6.61 Å². The van der Waals surface area contributed by atoms with E-state index in [0.29, 0.717) is 0 Å². The second kappa shape index (κ2) is 4.42. The first-order valence-corrected chi connectivity index (χ1v) is 2.53. The van der Waals surface area contributed by atoms with Crippen LogP contribution in [0.25, 0.3) is 0 Å². The first-order chi connectivity index (χ1) is 3.81. The van der Waals surface area contributed by atoms with Gasteiger partial charge in [-0.25, -0.2) is 0 Å². The zero-order chi connectivity index (χ0) is 6.41. The molecule has 0 amide bonds. The van der Waals surface area contributed by atoms with E-state index in [1.165, 1.54) is 0 Å². The molecule has 1 unspecified atom stereocenters. The molecule has 0 saturated carbocycles. The van der Waals surface area contributed by atoms with E-state index in [9.17, 15) is 0 Å². The van der Waals surface area contributed by atoms with Crippen LogP contribution >= 0.6 is 0 Å². The molecule has 8 heavy (non-hydrogen) atoms. The number of allylic oxidation sites excluding steroid dienone is 1. The van der Waals surface area contributed by atoms with E-state index in [1.807, 2.05) is 6.92 Å². The third kappa shape index (κ3) is 3.45. The van der Waals surface area contributed by atoms with Crippen LogP contribution in [0, 0.1) is 17.8 Å². The summed E-state index contributed by atoms with van der Waals surface area (Å²) in [5.41, 5.74) is 0. The normalized spacial score (nSPS) is 11.2. The van der Waals surface area contributed by atoms with Crippen LogP contribution in [0.15, 0.2) is 12.7 Å². The number of aliphatic hydroxyl groups is 1. The Morgan fingerprint density at radius 1 is 1.88 bits per heavy atom. The average Bonchev–Trinajstić information content (AvgIpc) is 1.83. The molecule has 0 spiro atoms. The van der Waals surface area contributed by atoms with Gasteiger partial charge in [0.05, 0.1) is 0 Å². The molecule has 1 heteroatoms. The summed E-state index contributed by atoms with van der Waals surface area (Å²) >= 11 is 0. The molecule has 1 N–H and O–H groups in total. The average molecular weight is 110 g/mol. The highest BCUT2D eigenvalue weighted by Gasteiger charge is 1.82. The third-order valence-electron chi connectivity index (χ3n) is 0.762. The fourth-order valence-electron chi connectivity index (χ4n) is 0.266. The van der Waals surface area contributed by atoms with Crippen molar-refractivity contribution < 1.29 is 5.11 Å². The smallest absolute Gasteiger partial charge is 0.104 e. The largest absolute Gasteiger partial charge is 0.384 e. The van der Waals surface area contributed by atoms with Crippen molar-refractivity contribution in [1.82, 2.24) is 0 Å². The highest BCUT2D eigenvalue weighted by atomic mass is 16.2. The van der Waals surface area contributed by atoms with Crippen LogP contribution in [-0.4, -0.2) is 11.7 Å². The van der Waals surface area contributed by atoms with Gasteiger partial charge >= 0.3 is 0 Å². The van der Waals surface area contributed by atoms with Crippen molar-refractivity contribution in [3.05, 3.63) is 12.7 Å². The van der Waals surface area contributed by atoms with Gasteiger partial charge in [-0.1, -0.05) is 17.9 Å². The predicted molar refractivity (Wildman–Crippen MR) is 34.2 cm³/mol. The third-order valence-corrected chi connectivity index (χ3v) is 0.762. The van der Waals surface area contributed by atoms with Crippen molar-refractivity contribution in [2.24, 2.45) is 5.92 Å². The molecule has 0 radical (unpaired) electrons. The van der Waals surface area contributed by atoms with Crippen molar-refractivity contribution in [2.75, 3.05) is 6.61 Å². The molecule has 44 valence electrons. The van der Waals surface area contributed by atoms with E-state index in [1.54, 1.807) is 6.08 Å². The summed E-state index contributed by atoms with van der Waals surface area (Å²) in [6.45, 7) is 5.40. The van der Waals surface area contributed by atoms with Crippen LogP contribution in [0.4, 0.5) is 0 Å². The van der Waals surface area contributed by atoms with E-state index in [0.717, 1.165) is 0 Å². The summed E-state index contributed by atoms with van der Waals surface area (Å²) in [5.74, 6) is 5.49. The van der Waals surface area contributed by atoms with Gasteiger partial charge < -0.3 is 5.11 Å². The van der Waals surface area contributed by atoms with E-state index >= 15 is 0 Å². The Balaban J connectivity index is 3.50. The maximum absolute atomic E-state index is 8.20. The molecule has 0 heterocycles. The van der Waals surface area contributed by atoms with Crippen molar-refractivity contribution in [3.63, 3.8) is 0 Å². The SMILES string of the molecule is C=CC(C)C#CCO. The number of rotatable bonds is 1. The van der Waals surface area contributed by atoms with Crippen LogP contribution < -0.4 is 0 Å². The van der Waals surface area contributed by atoms with E-state index < -0.39 is 0 Å². The van der Waals surface area contributed by atoms with Gasteiger partial charge in [0.25, 0.3) is 0 Å². The molecule has 0 aromatic rings. The molecule has 0 saturated heterocycles. The van der Waals surface area contributed by atoms with Crippen molar-refractivity contribution in [1.29, 1.82) is 0 Å². The molecule has 0 aromatic heterocycles. The minimum absolute atomic E-state index is 0.0574. The summed E-state index contributed by atoms with van der Waals surface area (Å²) in [6.07, 6.45) is 1.74. The zero-order valence-corrected chi connectivity index (χ0v) is 5.02. The van der Waals surface area contributed by atoms with Crippen molar-refractivity contribution in [3.8, 4) is 11.8 Å². The van der Waals surface area contributed by atoms with Gasteiger partial charge in [-0.15, -0.1) is 6.58 Å². The monoisotopic (exact) mass is 110 g/mol. The van der Waals surface area contributed by atoms with E-state index in [-0.39, 0.29) is 12.5 Å². The highest BCUT2D eigenvalue weighted by Crippen LogP contribution is 1.89. The molecule has 0 bridgehead atoms. The summed E-state index contributed by atoms with van der Waals surface area (Å²) in [7, 11) is 0. The summed E-state index contributed by atoms with van der Waals surface area (Å²) in [6, 6.07) is 0. The Morgan fingerprint density at radius 3 is 2.88 bits per heavy atom. The van der Waals surface area contributed by atoms with Crippen LogP contribution in [-0.2, 0) is 0 Å². The standard InChI is InChI=1S/C7H10O/c1-3-7(2)5-4-6-8/h3,7-8H,1,6H2,2H3. The van der Waals surface area contributed by atoms with Crippen LogP contribution in [0.3, 0.4) is 0 Å². The number of aliphatic hydroxyl groups excluding tert-OH is 1. The Bertz CT molecular complexity index is 116. The molecular formula is C7H10O. The van der Waals surface area contributed by atoms with Gasteiger partial charge in [-0.3, -0.25) is 0 Å². The lowest BCUT2D eigenvalue weighted by molar-refractivity contribution is 0.350. The molecule has 0 aliphatic heterocycles. The first kappa shape index (κ1) is 7.26. The highest BCUT2D eigenvalue weighted by molar-refractivity contribution is 5.07. The molecule has 0 aliphatic carbocycles. The van der Waals surface area contributed by atoms with Gasteiger partial charge in [-0.05, 0) is 6.92 Å². The number of hydrogen-bond donors (Lipinski definition) is 1. The first-order valence-electron chi connectivity index (χ1n) is 2.53. The summed E-state index contributed by atoms with van der Waals surface area (Å²) in [5, 5.41) is 8.20. The summed E-state index contributed by atoms with van der Waals surface area (Å²) in [4.78, 5) is 0. The predicted octanol–water partition coefficient (Wildman–Crippen LogP) is 0.804. The second-order valence-electron chi connectivity index (χ2n) is 1.50. The van der Waals surface area contributed by atoms with Gasteiger partial charge in [-0.2, -0.15) is 0 Å². The minimum atomic E-state index is -0.0574. The van der Waals surface area contributed by atoms with Crippen LogP contribution in [0.2, 0.25) is 0 Å². The lowest BCUT2D eigenvalue weighted by Crippen LogP contribution is -1.81. The summed E-state index contributed by atoms with van der Waals surface area (Å²) < 4.78 is 0. The van der Waals surface area contributed by atoms with Crippen molar-refractivity contribution in [2.45, 2.75) is 6.92 Å². The van der Waals surface area contributed by atoms with Gasteiger partial charge in [0.2, 0.25) is 0 Å². The lowest BCUT2D eigenvalue weighted by Gasteiger charge is -1.87. The maximum Gasteiger partial charge on any atom is 0.104 e. The molecular weight excluding hydrogens is 100 g/mol. The topological polar surface area (TPSA) is 20.2 Å². The molecule has 1 atom stereocenters. The molecule has 0 fully saturated rings. The zero-order valence-electron chi connectivity index (χ0n) is 5.02. The fourth-order valence-corrected chi connectivity index (χ4v) is 0.266. The Labute approximate surface area is 50.0 Å². The second-order valence-corrected chi connectivity index (χ2v) is 1.50. The minimum Gasteiger partial charge on any atom is -0.384 e. The number of hydrogen-bond acceptors (Lipinski definition) is 1. The Morgan fingerprint density at radius 2 is 2.50 bits per heavy atom. The lowest BCUT2D eigenvalue weighted by atomic mass is 10.2. The molecule has 0 aliphatic rings. The van der Waals surface area contributed by atoms with E-state index in [2.05, 4.69) is 18.4 Å². The van der Waals surface area contributed by atoms with Gasteiger partial charge in [0.15, 0.2) is 0 Å². The Kier molecular flexibility index (Phi) is 4.01. The fraction of sp³-hybridized carbons (Fsp3) is 0.429. The molecule has 1 nitrogen and oxygen atoms in total. The molecule has 0 aromatic carbocycles. The maximum atomic E-state index is 8.20. The Hall–Kier alpha value is -0.740. The van der Waals surface area contributed by atoms with Crippen molar-refractivity contribution >= 4 is 0 Å². The van der Waals surface area contributed by atoms with Crippen LogP contribution in [0.1, 0.15) is 6.92 Å². The quantitative estimate of drug-likeness (QED) is 0.391. The van der Waals surface area contributed by atoms with E-state index in [4.69, 9.17) is 5.11 Å². The molecule has 0 rings (SSSR count).